The highest BCUT2D eigenvalue weighted by Gasteiger charge is 2.20. The Morgan fingerprint density at radius 1 is 1.03 bits per heavy atom. The molecule has 0 saturated carbocycles. The van der Waals surface area contributed by atoms with Crippen LogP contribution < -0.4 is 20.7 Å². The van der Waals surface area contributed by atoms with Gasteiger partial charge in [-0.05, 0) is 18.2 Å². The van der Waals surface area contributed by atoms with Gasteiger partial charge in [0.05, 0.1) is 11.4 Å². The van der Waals surface area contributed by atoms with Crippen LogP contribution in [0.15, 0.2) is 42.6 Å². The molecule has 1 aromatic carbocycles. The lowest BCUT2D eigenvalue weighted by molar-refractivity contribution is -0.114. The van der Waals surface area contributed by atoms with Crippen molar-refractivity contribution >= 4 is 29.3 Å². The van der Waals surface area contributed by atoms with Crippen LogP contribution in [0.4, 0.5) is 26.5 Å². The van der Waals surface area contributed by atoms with E-state index >= 15 is 0 Å². The van der Waals surface area contributed by atoms with E-state index in [-0.39, 0.29) is 22.8 Å². The summed E-state index contributed by atoms with van der Waals surface area (Å²) in [4.78, 5) is 27.5. The lowest BCUT2D eigenvalue weighted by Gasteiger charge is -2.13. The molecule has 0 fully saturated rings. The molecule has 3 N–H and O–H groups in total. The number of anilines is 3. The van der Waals surface area contributed by atoms with Gasteiger partial charge in [-0.1, -0.05) is 20.8 Å². The monoisotopic (exact) mass is 440 g/mol. The highest BCUT2D eigenvalue weighted by Crippen LogP contribution is 2.27. The van der Waals surface area contributed by atoms with E-state index in [0.717, 1.165) is 11.8 Å². The second-order valence-electron chi connectivity index (χ2n) is 8.17. The van der Waals surface area contributed by atoms with Crippen molar-refractivity contribution in [2.24, 2.45) is 7.05 Å². The van der Waals surface area contributed by atoms with E-state index in [9.17, 15) is 14.0 Å². The maximum atomic E-state index is 14.5. The quantitative estimate of drug-likeness (QED) is 0.535. The number of nitrogens with zero attached hydrogens (tertiary/aromatic N) is 3. The summed E-state index contributed by atoms with van der Waals surface area (Å²) >= 11 is 0. The highest BCUT2D eigenvalue weighted by molar-refractivity contribution is 5.99. The molecule has 0 radical (unpaired) electrons. The number of hydrogen-bond acceptors (Lipinski definition) is 5. The van der Waals surface area contributed by atoms with Gasteiger partial charge < -0.3 is 15.4 Å². The Bertz CT molecular complexity index is 1150. The molecular formula is C22H25FN6O3. The maximum absolute atomic E-state index is 14.5. The van der Waals surface area contributed by atoms with Gasteiger partial charge in [0.1, 0.15) is 29.0 Å². The summed E-state index contributed by atoms with van der Waals surface area (Å²) < 4.78 is 21.7. The number of pyridine rings is 1. The summed E-state index contributed by atoms with van der Waals surface area (Å²) in [5, 5.41) is 12.1. The molecule has 0 spiro atoms. The number of amides is 3. The van der Waals surface area contributed by atoms with E-state index in [2.05, 4.69) is 26.0 Å². The number of urea groups is 1. The zero-order valence-electron chi connectivity index (χ0n) is 18.5. The van der Waals surface area contributed by atoms with Crippen molar-refractivity contribution in [1.29, 1.82) is 0 Å². The average Bonchev–Trinajstić information content (AvgIpc) is 3.04. The Hall–Kier alpha value is -3.95. The molecule has 0 saturated heterocycles. The molecule has 3 amide bonds. The normalized spacial score (nSPS) is 11.1. The van der Waals surface area contributed by atoms with E-state index in [4.69, 9.17) is 4.74 Å². The predicted octanol–water partition coefficient (Wildman–Crippen LogP) is 4.65. The summed E-state index contributed by atoms with van der Waals surface area (Å²) in [6, 6.07) is 8.31. The summed E-state index contributed by atoms with van der Waals surface area (Å²) in [6.07, 6.45) is 1.46. The highest BCUT2D eigenvalue weighted by atomic mass is 19.1. The standard InChI is InChI=1S/C22H25FN6O3/c1-13(30)25-19-11-15(8-9-24-19)32-14-6-7-17(16(23)10-14)26-21(31)27-20-12-18(22(2,3)4)28-29(20)5/h6-12H,1-5H3,(H,24,25,30)(H2,26,27,31). The number of hydrogen-bond donors (Lipinski definition) is 3. The van der Waals surface area contributed by atoms with Gasteiger partial charge in [0.15, 0.2) is 0 Å². The van der Waals surface area contributed by atoms with E-state index in [1.54, 1.807) is 23.9 Å². The first-order valence-corrected chi connectivity index (χ1v) is 9.85. The SMILES string of the molecule is CC(=O)Nc1cc(Oc2ccc(NC(=O)Nc3cc(C(C)(C)C)nn3C)c(F)c2)ccn1. The largest absolute Gasteiger partial charge is 0.457 e. The van der Waals surface area contributed by atoms with E-state index < -0.39 is 11.8 Å². The number of carbonyl (C=O) groups excluding carboxylic acids is 2. The minimum Gasteiger partial charge on any atom is -0.457 e. The molecule has 2 heterocycles. The van der Waals surface area contributed by atoms with Crippen LogP contribution in [0.1, 0.15) is 33.4 Å². The lowest BCUT2D eigenvalue weighted by Crippen LogP contribution is -2.21. The molecule has 32 heavy (non-hydrogen) atoms. The van der Waals surface area contributed by atoms with Crippen LogP contribution in [-0.4, -0.2) is 26.7 Å². The molecule has 10 heteroatoms. The van der Waals surface area contributed by atoms with Crippen LogP contribution in [0, 0.1) is 5.82 Å². The Kier molecular flexibility index (Phi) is 6.42. The van der Waals surface area contributed by atoms with Gasteiger partial charge in [-0.15, -0.1) is 0 Å². The molecule has 0 aliphatic rings. The van der Waals surface area contributed by atoms with Crippen molar-refractivity contribution in [2.75, 3.05) is 16.0 Å². The van der Waals surface area contributed by atoms with Crippen LogP contribution in [0.25, 0.3) is 0 Å². The first kappa shape index (κ1) is 22.7. The van der Waals surface area contributed by atoms with Crippen molar-refractivity contribution in [3.63, 3.8) is 0 Å². The summed E-state index contributed by atoms with van der Waals surface area (Å²) in [6.45, 7) is 7.42. The fourth-order valence-corrected chi connectivity index (χ4v) is 2.74. The first-order valence-electron chi connectivity index (χ1n) is 9.85. The van der Waals surface area contributed by atoms with Gasteiger partial charge in [0.25, 0.3) is 0 Å². The number of rotatable bonds is 5. The number of aryl methyl sites for hydroxylation is 1. The van der Waals surface area contributed by atoms with Gasteiger partial charge in [-0.3, -0.25) is 14.8 Å². The molecule has 9 nitrogen and oxygen atoms in total. The van der Waals surface area contributed by atoms with Crippen molar-refractivity contribution < 1.29 is 18.7 Å². The molecule has 168 valence electrons. The number of halogens is 1. The van der Waals surface area contributed by atoms with Crippen LogP contribution in [0.5, 0.6) is 11.5 Å². The third-order valence-electron chi connectivity index (χ3n) is 4.35. The zero-order valence-corrected chi connectivity index (χ0v) is 18.5. The Morgan fingerprint density at radius 2 is 1.75 bits per heavy atom. The smallest absolute Gasteiger partial charge is 0.324 e. The summed E-state index contributed by atoms with van der Waals surface area (Å²) in [7, 11) is 1.72. The Labute approximate surface area is 185 Å². The van der Waals surface area contributed by atoms with Gasteiger partial charge >= 0.3 is 6.03 Å². The third kappa shape index (κ3) is 5.81. The van der Waals surface area contributed by atoms with E-state index in [1.165, 1.54) is 31.3 Å². The predicted molar refractivity (Wildman–Crippen MR) is 120 cm³/mol. The molecule has 0 aliphatic heterocycles. The van der Waals surface area contributed by atoms with E-state index in [1.807, 2.05) is 20.8 Å². The zero-order chi connectivity index (χ0) is 23.5. The number of benzene rings is 1. The number of ether oxygens (including phenoxy) is 1. The van der Waals surface area contributed by atoms with Gasteiger partial charge in [-0.25, -0.2) is 14.2 Å². The summed E-state index contributed by atoms with van der Waals surface area (Å²) in [5.74, 6) is 0.447. The molecule has 0 unspecified atom stereocenters. The van der Waals surface area contributed by atoms with Crippen LogP contribution in [-0.2, 0) is 17.3 Å². The third-order valence-corrected chi connectivity index (χ3v) is 4.35. The van der Waals surface area contributed by atoms with Crippen molar-refractivity contribution in [2.45, 2.75) is 33.1 Å². The van der Waals surface area contributed by atoms with Crippen LogP contribution in [0.2, 0.25) is 0 Å². The second-order valence-corrected chi connectivity index (χ2v) is 8.17. The molecular weight excluding hydrogens is 415 g/mol. The molecule has 0 atom stereocenters. The lowest BCUT2D eigenvalue weighted by atomic mass is 9.92. The molecule has 2 aromatic heterocycles. The van der Waals surface area contributed by atoms with Crippen LogP contribution >= 0.6 is 0 Å². The minimum atomic E-state index is -0.672. The van der Waals surface area contributed by atoms with Crippen molar-refractivity contribution in [3.05, 3.63) is 54.1 Å². The van der Waals surface area contributed by atoms with E-state index in [0.29, 0.717) is 17.4 Å². The Balaban J connectivity index is 1.66. The fourth-order valence-electron chi connectivity index (χ4n) is 2.74. The minimum absolute atomic E-state index is 0.0123. The van der Waals surface area contributed by atoms with Gasteiger partial charge in [0, 0.05) is 43.8 Å². The fraction of sp³-hybridized carbons (Fsp3) is 0.273. The second kappa shape index (κ2) is 9.04. The summed E-state index contributed by atoms with van der Waals surface area (Å²) in [5.41, 5.74) is 0.635. The number of carbonyl (C=O) groups is 2. The van der Waals surface area contributed by atoms with Crippen LogP contribution in [0.3, 0.4) is 0 Å². The topological polar surface area (TPSA) is 110 Å². The van der Waals surface area contributed by atoms with Crippen molar-refractivity contribution in [1.82, 2.24) is 14.8 Å². The molecule has 3 aromatic rings. The van der Waals surface area contributed by atoms with Crippen molar-refractivity contribution in [3.8, 4) is 11.5 Å². The number of aromatic nitrogens is 3. The average molecular weight is 440 g/mol. The Morgan fingerprint density at radius 3 is 2.38 bits per heavy atom. The number of nitrogens with one attached hydrogen (secondary N) is 3. The maximum Gasteiger partial charge on any atom is 0.324 e. The van der Waals surface area contributed by atoms with Gasteiger partial charge in [0.2, 0.25) is 5.91 Å². The first-order chi connectivity index (χ1) is 15.0. The molecule has 0 bridgehead atoms. The van der Waals surface area contributed by atoms with Gasteiger partial charge in [-0.2, -0.15) is 5.10 Å². The molecule has 0 aliphatic carbocycles. The molecule has 3 rings (SSSR count).